The van der Waals surface area contributed by atoms with Gasteiger partial charge in [0.05, 0.1) is 34.1 Å². The lowest BCUT2D eigenvalue weighted by atomic mass is 9.82. The highest BCUT2D eigenvalue weighted by molar-refractivity contribution is 7.24. The van der Waals surface area contributed by atoms with Gasteiger partial charge in [0.2, 0.25) is 0 Å². The summed E-state index contributed by atoms with van der Waals surface area (Å²) in [5.41, 5.74) is 21.1. The van der Waals surface area contributed by atoms with Crippen LogP contribution in [0.5, 0.6) is 0 Å². The molecule has 8 aromatic carbocycles. The van der Waals surface area contributed by atoms with Crippen LogP contribution in [0.3, 0.4) is 0 Å². The predicted octanol–water partition coefficient (Wildman–Crippen LogP) is 19.0. The molecular formula is C63H59N3S. The van der Waals surface area contributed by atoms with Gasteiger partial charge in [0.15, 0.2) is 0 Å². The van der Waals surface area contributed by atoms with E-state index in [4.69, 9.17) is 0 Å². The largest absolute Gasteiger partial charge is 0.306 e. The molecule has 3 aliphatic rings. The molecule has 3 heterocycles. The molecular weight excluding hydrogens is 831 g/mol. The van der Waals surface area contributed by atoms with Crippen LogP contribution in [0, 0.1) is 0 Å². The van der Waals surface area contributed by atoms with Gasteiger partial charge < -0.3 is 9.80 Å². The molecule has 0 spiro atoms. The molecule has 332 valence electrons. The van der Waals surface area contributed by atoms with E-state index in [1.807, 2.05) is 11.3 Å². The minimum absolute atomic E-state index is 0.0187. The highest BCUT2D eigenvalue weighted by atomic mass is 32.1. The topological polar surface area (TPSA) is 9.72 Å². The van der Waals surface area contributed by atoms with Crippen molar-refractivity contribution < 1.29 is 0 Å². The van der Waals surface area contributed by atoms with Crippen LogP contribution < -0.4 is 14.7 Å². The van der Waals surface area contributed by atoms with Crippen LogP contribution in [0.25, 0.3) is 43.1 Å². The van der Waals surface area contributed by atoms with Crippen molar-refractivity contribution in [2.75, 3.05) is 14.7 Å². The van der Waals surface area contributed by atoms with Gasteiger partial charge in [-0.25, -0.2) is 0 Å². The van der Waals surface area contributed by atoms with Crippen molar-refractivity contribution >= 4 is 82.7 Å². The van der Waals surface area contributed by atoms with Gasteiger partial charge in [0.25, 0.3) is 0 Å². The fourth-order valence-corrected chi connectivity index (χ4v) is 12.3. The number of fused-ring (bicyclic) bond motifs is 10. The summed E-state index contributed by atoms with van der Waals surface area (Å²) in [7, 11) is 0. The normalized spacial score (nSPS) is 14.8. The second kappa shape index (κ2) is 14.2. The average molecular weight is 890 g/mol. The first kappa shape index (κ1) is 41.8. The van der Waals surface area contributed by atoms with Crippen molar-refractivity contribution in [3.8, 4) is 22.3 Å². The molecule has 0 saturated heterocycles. The molecule has 1 aliphatic carbocycles. The van der Waals surface area contributed by atoms with Crippen LogP contribution in [-0.4, -0.2) is 0 Å². The van der Waals surface area contributed by atoms with E-state index in [0.29, 0.717) is 0 Å². The summed E-state index contributed by atoms with van der Waals surface area (Å²) in [6, 6.07) is 60.7. The zero-order valence-electron chi connectivity index (χ0n) is 40.8. The van der Waals surface area contributed by atoms with Crippen molar-refractivity contribution in [2.45, 2.75) is 97.8 Å². The molecule has 67 heavy (non-hydrogen) atoms. The van der Waals surface area contributed by atoms with Crippen LogP contribution in [0.1, 0.15) is 104 Å². The quantitative estimate of drug-likeness (QED) is 0.175. The number of benzene rings is 8. The summed E-state index contributed by atoms with van der Waals surface area (Å²) >= 11 is 1.94. The molecule has 0 unspecified atom stereocenters. The summed E-state index contributed by atoms with van der Waals surface area (Å²) in [4.78, 5) is 7.79. The number of nitrogens with zero attached hydrogens (tertiary/aromatic N) is 3. The molecule has 0 atom stereocenters. The SMILES string of the molecule is CC(C)(C)c1ccc(N2c3ccc(C(C)(C)C)cc3N3c4sc5cc6c(cc5c4N(c4ccc(C(C)(C)C)cc4)c4cc(-c5ccc7ccccc7c5)cc2c43)-c2ccccc2C6(C)C)cc1. The Labute approximate surface area is 401 Å². The standard InChI is InChI=1S/C63H59N3S/c1-60(2,3)42-22-27-45(28-23-42)64-52-31-26-44(62(7,8)9)35-53(52)66-58-54(64)33-41(40-21-20-38-16-12-13-17-39(38)32-40)34-55(58)65(46-29-24-43(25-30-46)61(4,5)6)57-49-36-48-47-18-14-15-19-50(47)63(10,11)51(48)37-56(49)67-59(57)66/h12-37H,1-11H3. The third kappa shape index (κ3) is 6.36. The second-order valence-corrected chi connectivity index (χ2v) is 23.8. The van der Waals surface area contributed by atoms with Gasteiger partial charge in [-0.15, -0.1) is 11.3 Å². The second-order valence-electron chi connectivity index (χ2n) is 22.8. The van der Waals surface area contributed by atoms with Gasteiger partial charge in [0.1, 0.15) is 5.00 Å². The summed E-state index contributed by atoms with van der Waals surface area (Å²) in [5.74, 6) is 0. The minimum atomic E-state index is -0.111. The monoisotopic (exact) mass is 889 g/mol. The lowest BCUT2D eigenvalue weighted by Crippen LogP contribution is -2.30. The van der Waals surface area contributed by atoms with Crippen molar-refractivity contribution in [2.24, 2.45) is 0 Å². The van der Waals surface area contributed by atoms with E-state index in [0.717, 1.165) is 17.1 Å². The maximum absolute atomic E-state index is 2.64. The molecule has 9 aromatic rings. The van der Waals surface area contributed by atoms with Crippen LogP contribution in [0.4, 0.5) is 50.5 Å². The third-order valence-corrected chi connectivity index (χ3v) is 16.1. The van der Waals surface area contributed by atoms with Gasteiger partial charge >= 0.3 is 0 Å². The number of hydrogen-bond donors (Lipinski definition) is 0. The Morgan fingerprint density at radius 2 is 0.985 bits per heavy atom. The molecule has 2 aliphatic heterocycles. The van der Waals surface area contributed by atoms with Gasteiger partial charge in [0, 0.05) is 26.9 Å². The lowest BCUT2D eigenvalue weighted by Gasteiger charge is -2.46. The first-order valence-electron chi connectivity index (χ1n) is 24.0. The van der Waals surface area contributed by atoms with Gasteiger partial charge in [-0.3, -0.25) is 4.90 Å². The van der Waals surface area contributed by atoms with E-state index in [-0.39, 0.29) is 21.7 Å². The predicted molar refractivity (Wildman–Crippen MR) is 290 cm³/mol. The summed E-state index contributed by atoms with van der Waals surface area (Å²) in [5, 5.41) is 5.00. The number of hydrogen-bond acceptors (Lipinski definition) is 4. The van der Waals surface area contributed by atoms with Crippen molar-refractivity contribution in [1.29, 1.82) is 0 Å². The molecule has 3 nitrogen and oxygen atoms in total. The van der Waals surface area contributed by atoms with E-state index in [9.17, 15) is 0 Å². The van der Waals surface area contributed by atoms with E-state index in [2.05, 4.69) is 249 Å². The van der Waals surface area contributed by atoms with Gasteiger partial charge in [-0.1, -0.05) is 167 Å². The Balaban J connectivity index is 1.21. The van der Waals surface area contributed by atoms with Gasteiger partial charge in [-0.05, 0) is 144 Å². The minimum Gasteiger partial charge on any atom is -0.306 e. The molecule has 0 fully saturated rings. The van der Waals surface area contributed by atoms with E-state index in [1.54, 1.807) is 0 Å². The lowest BCUT2D eigenvalue weighted by molar-refractivity contribution is 0.590. The van der Waals surface area contributed by atoms with Crippen molar-refractivity contribution in [3.63, 3.8) is 0 Å². The first-order valence-corrected chi connectivity index (χ1v) is 24.8. The van der Waals surface area contributed by atoms with E-state index < -0.39 is 0 Å². The molecule has 4 heteroatoms. The number of thiophene rings is 1. The summed E-state index contributed by atoms with van der Waals surface area (Å²) < 4.78 is 1.30. The van der Waals surface area contributed by atoms with Crippen molar-refractivity contribution in [3.05, 3.63) is 186 Å². The highest BCUT2D eigenvalue weighted by Gasteiger charge is 2.44. The van der Waals surface area contributed by atoms with Crippen LogP contribution in [0.2, 0.25) is 0 Å². The fraction of sp³-hybridized carbons (Fsp3) is 0.238. The van der Waals surface area contributed by atoms with Crippen LogP contribution in [0.15, 0.2) is 158 Å². The molecule has 0 amide bonds. The molecule has 12 rings (SSSR count). The zero-order chi connectivity index (χ0) is 46.5. The Hall–Kier alpha value is -6.62. The third-order valence-electron chi connectivity index (χ3n) is 14.9. The Kier molecular flexibility index (Phi) is 8.86. The fourth-order valence-electron chi connectivity index (χ4n) is 11.0. The molecule has 0 saturated carbocycles. The number of anilines is 9. The molecule has 1 aromatic heterocycles. The average Bonchev–Trinajstić information content (AvgIpc) is 3.78. The maximum atomic E-state index is 2.64. The van der Waals surface area contributed by atoms with Crippen molar-refractivity contribution in [1.82, 2.24) is 0 Å². The van der Waals surface area contributed by atoms with Gasteiger partial charge in [-0.2, -0.15) is 0 Å². The Morgan fingerprint density at radius 3 is 1.64 bits per heavy atom. The molecule has 0 N–H and O–H groups in total. The summed E-state index contributed by atoms with van der Waals surface area (Å²) in [6.07, 6.45) is 0. The smallest absolute Gasteiger partial charge is 0.126 e. The van der Waals surface area contributed by atoms with E-state index in [1.165, 1.54) is 104 Å². The van der Waals surface area contributed by atoms with Crippen LogP contribution in [-0.2, 0) is 21.7 Å². The maximum Gasteiger partial charge on any atom is 0.126 e. The number of rotatable bonds is 3. The highest BCUT2D eigenvalue weighted by Crippen LogP contribution is 2.68. The Bertz CT molecular complexity index is 3490. The van der Waals surface area contributed by atoms with E-state index >= 15 is 0 Å². The van der Waals surface area contributed by atoms with Crippen LogP contribution >= 0.6 is 11.3 Å². The Morgan fingerprint density at radius 1 is 0.403 bits per heavy atom. The molecule has 0 radical (unpaired) electrons. The summed E-state index contributed by atoms with van der Waals surface area (Å²) in [6.45, 7) is 25.6. The molecule has 0 bridgehead atoms. The zero-order valence-corrected chi connectivity index (χ0v) is 41.6. The first-order chi connectivity index (χ1) is 31.9.